The molecule has 2 nitrogen and oxygen atoms in total. The van der Waals surface area contributed by atoms with Crippen molar-refractivity contribution in [2.75, 3.05) is 13.6 Å². The molecule has 1 fully saturated rings. The van der Waals surface area contributed by atoms with Gasteiger partial charge in [-0.3, -0.25) is 4.90 Å². The van der Waals surface area contributed by atoms with Crippen LogP contribution in [0.1, 0.15) is 96.2 Å². The van der Waals surface area contributed by atoms with E-state index in [0.29, 0.717) is 5.41 Å². The molecule has 0 radical (unpaired) electrons. The zero-order chi connectivity index (χ0) is 18.6. The molecule has 2 heterocycles. The number of likely N-dealkylation sites (tertiary alicyclic amines) is 1. The smallest absolute Gasteiger partial charge is 0.186 e. The van der Waals surface area contributed by atoms with Gasteiger partial charge in [0, 0.05) is 24.5 Å². The highest BCUT2D eigenvalue weighted by Crippen LogP contribution is 2.56. The number of halogens is 1. The maximum absolute atomic E-state index is 2.62. The molecule has 0 N–H and O–H groups in total. The first kappa shape index (κ1) is 23.1. The van der Waals surface area contributed by atoms with Crippen molar-refractivity contribution in [1.82, 2.24) is 4.90 Å². The van der Waals surface area contributed by atoms with Crippen LogP contribution < -0.4 is 28.5 Å². The normalized spacial score (nSPS) is 27.1. The number of aryl methyl sites for hydroxylation is 1. The van der Waals surface area contributed by atoms with Crippen LogP contribution >= 0.6 is 0 Å². The van der Waals surface area contributed by atoms with Crippen molar-refractivity contribution in [2.45, 2.75) is 103 Å². The van der Waals surface area contributed by atoms with Crippen LogP contribution in [0.3, 0.4) is 0 Å². The van der Waals surface area contributed by atoms with E-state index in [9.17, 15) is 0 Å². The molecule has 27 heavy (non-hydrogen) atoms. The van der Waals surface area contributed by atoms with Crippen LogP contribution in [0.25, 0.3) is 0 Å². The van der Waals surface area contributed by atoms with E-state index >= 15 is 0 Å². The van der Waals surface area contributed by atoms with Crippen molar-refractivity contribution in [1.29, 1.82) is 0 Å². The molecule has 3 rings (SSSR count). The summed E-state index contributed by atoms with van der Waals surface area (Å²) in [6.45, 7) is 9.76. The number of pyridine rings is 1. The maximum atomic E-state index is 2.62. The van der Waals surface area contributed by atoms with E-state index in [1.807, 2.05) is 0 Å². The standard InChI is InChI=1S/C24H41N2.HI/c1-5-6-7-8-9-10-11-12-18-26-19-13-14-21-22(26)15-16-23(2)17-20-25(4)24(21,23)3;/h13-14,19H,5-12,15-18,20H2,1-4H3;1H/q+1;/p-1/t23-,24-;/m1./s1. The first-order chi connectivity index (χ1) is 12.5. The zero-order valence-electron chi connectivity index (χ0n) is 18.2. The maximum Gasteiger partial charge on any atom is 0.186 e. The molecular formula is C24H41IN2. The summed E-state index contributed by atoms with van der Waals surface area (Å²) >= 11 is 0. The Morgan fingerprint density at radius 1 is 1.00 bits per heavy atom. The fraction of sp³-hybridized carbons (Fsp3) is 0.792. The quantitative estimate of drug-likeness (QED) is 0.297. The Hall–Kier alpha value is -0.160. The highest BCUT2D eigenvalue weighted by Gasteiger charge is 2.57. The summed E-state index contributed by atoms with van der Waals surface area (Å²) in [5.41, 5.74) is 3.87. The van der Waals surface area contributed by atoms with E-state index in [2.05, 4.69) is 55.6 Å². The lowest BCUT2D eigenvalue weighted by molar-refractivity contribution is -0.705. The van der Waals surface area contributed by atoms with Gasteiger partial charge in [0.2, 0.25) is 0 Å². The number of fused-ring (bicyclic) bond motifs is 3. The second-order valence-electron chi connectivity index (χ2n) is 9.34. The largest absolute Gasteiger partial charge is 1.00 e. The van der Waals surface area contributed by atoms with E-state index < -0.39 is 0 Å². The minimum absolute atomic E-state index is 0. The first-order valence-electron chi connectivity index (χ1n) is 11.3. The molecule has 0 bridgehead atoms. The van der Waals surface area contributed by atoms with Crippen LogP contribution in [-0.4, -0.2) is 18.5 Å². The molecule has 0 amide bonds. The van der Waals surface area contributed by atoms with Crippen LogP contribution in [0, 0.1) is 5.41 Å². The summed E-state index contributed by atoms with van der Waals surface area (Å²) in [7, 11) is 2.33. The summed E-state index contributed by atoms with van der Waals surface area (Å²) in [6, 6.07) is 4.71. The van der Waals surface area contributed by atoms with Gasteiger partial charge in [-0.25, -0.2) is 4.57 Å². The van der Waals surface area contributed by atoms with Gasteiger partial charge in [0.1, 0.15) is 6.54 Å². The molecule has 154 valence electrons. The highest BCUT2D eigenvalue weighted by molar-refractivity contribution is 5.33. The molecule has 0 spiro atoms. The Bertz CT molecular complexity index is 602. The highest BCUT2D eigenvalue weighted by atomic mass is 127. The average molecular weight is 485 g/mol. The van der Waals surface area contributed by atoms with Gasteiger partial charge < -0.3 is 24.0 Å². The predicted molar refractivity (Wildman–Crippen MR) is 110 cm³/mol. The molecule has 2 atom stereocenters. The summed E-state index contributed by atoms with van der Waals surface area (Å²) in [5.74, 6) is 0. The third-order valence-electron chi connectivity index (χ3n) is 7.81. The third kappa shape index (κ3) is 4.55. The third-order valence-corrected chi connectivity index (χ3v) is 7.81. The number of aromatic nitrogens is 1. The monoisotopic (exact) mass is 484 g/mol. The van der Waals surface area contributed by atoms with Crippen LogP contribution in [0.2, 0.25) is 0 Å². The van der Waals surface area contributed by atoms with Crippen molar-refractivity contribution in [3.63, 3.8) is 0 Å². The van der Waals surface area contributed by atoms with E-state index in [1.165, 1.54) is 83.7 Å². The molecule has 0 unspecified atom stereocenters. The molecule has 0 aromatic carbocycles. The minimum Gasteiger partial charge on any atom is -1.00 e. The van der Waals surface area contributed by atoms with E-state index in [4.69, 9.17) is 0 Å². The van der Waals surface area contributed by atoms with E-state index in [-0.39, 0.29) is 29.5 Å². The zero-order valence-corrected chi connectivity index (χ0v) is 20.4. The van der Waals surface area contributed by atoms with Gasteiger partial charge in [0.05, 0.1) is 5.54 Å². The van der Waals surface area contributed by atoms with Gasteiger partial charge in [-0.05, 0) is 51.3 Å². The SMILES string of the molecule is CCCCCCCCCC[n+]1cccc2c1CC[C@]1(C)CCN(C)[C@]21C.[I-]. The summed E-state index contributed by atoms with van der Waals surface area (Å²) < 4.78 is 2.59. The molecule has 1 aliphatic carbocycles. The van der Waals surface area contributed by atoms with Crippen molar-refractivity contribution in [3.8, 4) is 0 Å². The topological polar surface area (TPSA) is 7.12 Å². The van der Waals surface area contributed by atoms with Crippen molar-refractivity contribution in [2.24, 2.45) is 5.41 Å². The fourth-order valence-corrected chi connectivity index (χ4v) is 5.57. The van der Waals surface area contributed by atoms with Crippen molar-refractivity contribution < 1.29 is 28.5 Å². The number of unbranched alkanes of at least 4 members (excludes halogenated alkanes) is 7. The lowest BCUT2D eigenvalue weighted by atomic mass is 9.62. The number of nitrogens with zero attached hydrogens (tertiary/aromatic N) is 2. The lowest BCUT2D eigenvalue weighted by Crippen LogP contribution is -3.00. The minimum atomic E-state index is 0. The van der Waals surface area contributed by atoms with Crippen LogP contribution in [0.4, 0.5) is 0 Å². The molecule has 1 saturated heterocycles. The molecule has 3 heteroatoms. The van der Waals surface area contributed by atoms with Gasteiger partial charge in [-0.1, -0.05) is 52.4 Å². The molecule has 0 saturated carbocycles. The first-order valence-corrected chi connectivity index (χ1v) is 11.3. The summed E-state index contributed by atoms with van der Waals surface area (Å²) in [4.78, 5) is 2.62. The number of hydrogen-bond acceptors (Lipinski definition) is 1. The second kappa shape index (κ2) is 10.0. The van der Waals surface area contributed by atoms with Gasteiger partial charge >= 0.3 is 0 Å². The Morgan fingerprint density at radius 2 is 1.67 bits per heavy atom. The van der Waals surface area contributed by atoms with Crippen molar-refractivity contribution in [3.05, 3.63) is 29.6 Å². The summed E-state index contributed by atoms with van der Waals surface area (Å²) in [5, 5.41) is 0. The molecule has 1 aromatic rings. The Balaban J connectivity index is 0.00000261. The van der Waals surface area contributed by atoms with Gasteiger partial charge in [0.25, 0.3) is 0 Å². The summed E-state index contributed by atoms with van der Waals surface area (Å²) in [6.07, 6.45) is 17.5. The molecular weight excluding hydrogens is 443 g/mol. The van der Waals surface area contributed by atoms with E-state index in [0.717, 1.165) is 0 Å². The Morgan fingerprint density at radius 3 is 2.37 bits per heavy atom. The predicted octanol–water partition coefficient (Wildman–Crippen LogP) is 2.62. The van der Waals surface area contributed by atoms with E-state index in [1.54, 1.807) is 11.3 Å². The average Bonchev–Trinajstić information content (AvgIpc) is 2.89. The van der Waals surface area contributed by atoms with Crippen LogP contribution in [0.5, 0.6) is 0 Å². The number of rotatable bonds is 9. The van der Waals surface area contributed by atoms with Crippen molar-refractivity contribution >= 4 is 0 Å². The Labute approximate surface area is 185 Å². The van der Waals surface area contributed by atoms with Gasteiger partial charge in [-0.2, -0.15) is 0 Å². The van der Waals surface area contributed by atoms with Crippen LogP contribution in [0.15, 0.2) is 18.3 Å². The lowest BCUT2D eigenvalue weighted by Gasteiger charge is -2.48. The van der Waals surface area contributed by atoms with Gasteiger partial charge in [-0.15, -0.1) is 0 Å². The second-order valence-corrected chi connectivity index (χ2v) is 9.34. The molecule has 1 aliphatic heterocycles. The van der Waals surface area contributed by atoms with Gasteiger partial charge in [0.15, 0.2) is 11.9 Å². The molecule has 2 aliphatic rings. The molecule has 1 aromatic heterocycles. The van der Waals surface area contributed by atoms with Crippen LogP contribution in [-0.2, 0) is 18.5 Å². The number of hydrogen-bond donors (Lipinski definition) is 0. The fourth-order valence-electron chi connectivity index (χ4n) is 5.57. The Kier molecular flexibility index (Phi) is 8.60.